The van der Waals surface area contributed by atoms with Crippen LogP contribution in [0.1, 0.15) is 52.1 Å². The molecule has 0 saturated carbocycles. The van der Waals surface area contributed by atoms with Crippen LogP contribution in [-0.4, -0.2) is 36.3 Å². The van der Waals surface area contributed by atoms with Gasteiger partial charge in [0.25, 0.3) is 0 Å². The molecule has 4 nitrogen and oxygen atoms in total. The lowest BCUT2D eigenvalue weighted by Crippen LogP contribution is -2.23. The Morgan fingerprint density at radius 2 is 2.00 bits per heavy atom. The van der Waals surface area contributed by atoms with Gasteiger partial charge >= 0.3 is 5.97 Å². The Bertz CT molecular complexity index is 606. The predicted molar refractivity (Wildman–Crippen MR) is 83.9 cm³/mol. The lowest BCUT2D eigenvalue weighted by atomic mass is 9.93. The van der Waals surface area contributed by atoms with Crippen LogP contribution in [0.4, 0.5) is 0 Å². The van der Waals surface area contributed by atoms with Crippen molar-refractivity contribution in [1.29, 1.82) is 0 Å². The van der Waals surface area contributed by atoms with Crippen LogP contribution in [0.15, 0.2) is 17.8 Å². The number of fused-ring (bicyclic) bond motifs is 1. The molecule has 114 valence electrons. The number of Topliss-reactive ketones (excluding diaryl/α,β-unsaturated/α-hetero) is 1. The summed E-state index contributed by atoms with van der Waals surface area (Å²) < 4.78 is 5.37. The van der Waals surface area contributed by atoms with Crippen molar-refractivity contribution in [3.05, 3.63) is 33.2 Å². The third-order valence-electron chi connectivity index (χ3n) is 2.98. The Kier molecular flexibility index (Phi) is 4.23. The predicted octanol–water partition coefficient (Wildman–Crippen LogP) is 3.28. The number of hydrogen-bond acceptors (Lipinski definition) is 5. The lowest BCUT2D eigenvalue weighted by Gasteiger charge is -2.18. The molecular formula is C16H21NO3S. The number of allylic oxidation sites excluding steroid dienone is 1. The third-order valence-corrected chi connectivity index (χ3v) is 4.16. The molecule has 1 aromatic heterocycles. The first-order valence-corrected chi connectivity index (χ1v) is 7.77. The third kappa shape index (κ3) is 3.73. The number of ketones is 1. The van der Waals surface area contributed by atoms with E-state index in [0.717, 1.165) is 23.3 Å². The highest BCUT2D eigenvalue weighted by molar-refractivity contribution is 7.14. The zero-order valence-electron chi connectivity index (χ0n) is 13.1. The van der Waals surface area contributed by atoms with Crippen molar-refractivity contribution >= 4 is 23.1 Å². The fourth-order valence-electron chi connectivity index (χ4n) is 2.21. The standard InChI is InChI=1S/C16H21NO3S/c1-16(2,3)20-15(19)13-8-11-12(21-13)7-6-10(14(11)18)9-17(4)5/h8-9H,6-7H2,1-5H3/b10-9-. The van der Waals surface area contributed by atoms with Crippen molar-refractivity contribution in [1.82, 2.24) is 4.90 Å². The van der Waals surface area contributed by atoms with Crippen molar-refractivity contribution in [2.45, 2.75) is 39.2 Å². The summed E-state index contributed by atoms with van der Waals surface area (Å²) in [6.07, 6.45) is 3.38. The molecule has 1 aliphatic rings. The highest BCUT2D eigenvalue weighted by Gasteiger charge is 2.28. The van der Waals surface area contributed by atoms with E-state index in [1.54, 1.807) is 6.07 Å². The molecule has 0 radical (unpaired) electrons. The normalized spacial score (nSPS) is 16.8. The van der Waals surface area contributed by atoms with E-state index in [2.05, 4.69) is 0 Å². The maximum atomic E-state index is 12.4. The number of carbonyl (C=O) groups is 2. The minimum Gasteiger partial charge on any atom is -0.456 e. The van der Waals surface area contributed by atoms with Crippen LogP contribution in [-0.2, 0) is 11.2 Å². The maximum Gasteiger partial charge on any atom is 0.348 e. The maximum absolute atomic E-state index is 12.4. The molecule has 1 aromatic rings. The zero-order valence-corrected chi connectivity index (χ0v) is 14.0. The lowest BCUT2D eigenvalue weighted by molar-refractivity contribution is 0.00752. The summed E-state index contributed by atoms with van der Waals surface area (Å²) in [5.41, 5.74) is 0.919. The topological polar surface area (TPSA) is 46.6 Å². The molecular weight excluding hydrogens is 286 g/mol. The SMILES string of the molecule is CN(C)/C=C1/CCc2sc(C(=O)OC(C)(C)C)cc2C1=O. The fourth-order valence-corrected chi connectivity index (χ4v) is 3.24. The molecule has 0 fully saturated rings. The van der Waals surface area contributed by atoms with Gasteiger partial charge in [-0.2, -0.15) is 0 Å². The van der Waals surface area contributed by atoms with Crippen LogP contribution in [0.5, 0.6) is 0 Å². The summed E-state index contributed by atoms with van der Waals surface area (Å²) >= 11 is 1.37. The van der Waals surface area contributed by atoms with Gasteiger partial charge in [0.05, 0.1) is 0 Å². The molecule has 1 aliphatic carbocycles. The van der Waals surface area contributed by atoms with Crippen molar-refractivity contribution in [3.63, 3.8) is 0 Å². The average molecular weight is 307 g/mol. The van der Waals surface area contributed by atoms with E-state index in [9.17, 15) is 9.59 Å². The number of hydrogen-bond donors (Lipinski definition) is 0. The van der Waals surface area contributed by atoms with Crippen LogP contribution in [0.3, 0.4) is 0 Å². The van der Waals surface area contributed by atoms with Crippen LogP contribution < -0.4 is 0 Å². The first-order chi connectivity index (χ1) is 9.67. The smallest absolute Gasteiger partial charge is 0.348 e. The zero-order chi connectivity index (χ0) is 15.8. The first-order valence-electron chi connectivity index (χ1n) is 6.95. The van der Waals surface area contributed by atoms with Crippen LogP contribution >= 0.6 is 11.3 Å². The number of rotatable bonds is 2. The van der Waals surface area contributed by atoms with Gasteiger partial charge in [-0.1, -0.05) is 0 Å². The van der Waals surface area contributed by atoms with Crippen molar-refractivity contribution in [2.75, 3.05) is 14.1 Å². The summed E-state index contributed by atoms with van der Waals surface area (Å²) in [4.78, 5) is 27.9. The van der Waals surface area contributed by atoms with Gasteiger partial charge in [-0.15, -0.1) is 11.3 Å². The summed E-state index contributed by atoms with van der Waals surface area (Å²) in [6.45, 7) is 5.50. The van der Waals surface area contributed by atoms with E-state index in [4.69, 9.17) is 4.74 Å². The fraction of sp³-hybridized carbons (Fsp3) is 0.500. The minimum atomic E-state index is -0.526. The molecule has 0 amide bonds. The van der Waals surface area contributed by atoms with Crippen molar-refractivity contribution in [3.8, 4) is 0 Å². The number of esters is 1. The molecule has 0 N–H and O–H groups in total. The molecule has 1 heterocycles. The molecule has 21 heavy (non-hydrogen) atoms. The van der Waals surface area contributed by atoms with E-state index in [-0.39, 0.29) is 11.8 Å². The Hall–Kier alpha value is -1.62. The number of aryl methyl sites for hydroxylation is 1. The largest absolute Gasteiger partial charge is 0.456 e. The van der Waals surface area contributed by atoms with Gasteiger partial charge in [0.2, 0.25) is 0 Å². The Labute approximate surface area is 129 Å². The van der Waals surface area contributed by atoms with Crippen LogP contribution in [0.2, 0.25) is 0 Å². The molecule has 0 aromatic carbocycles. The second kappa shape index (κ2) is 5.64. The molecule has 0 bridgehead atoms. The monoisotopic (exact) mass is 307 g/mol. The van der Waals surface area contributed by atoms with E-state index in [0.29, 0.717) is 10.4 Å². The first kappa shape index (κ1) is 15.8. The van der Waals surface area contributed by atoms with Crippen LogP contribution in [0.25, 0.3) is 0 Å². The van der Waals surface area contributed by atoms with Gasteiger partial charge in [0.15, 0.2) is 5.78 Å². The molecule has 0 unspecified atom stereocenters. The van der Waals surface area contributed by atoms with Gasteiger partial charge in [-0.05, 0) is 39.7 Å². The highest BCUT2D eigenvalue weighted by atomic mass is 32.1. The summed E-state index contributed by atoms with van der Waals surface area (Å²) in [7, 11) is 3.80. The molecule has 2 rings (SSSR count). The number of carbonyl (C=O) groups excluding carboxylic acids is 2. The van der Waals surface area contributed by atoms with Gasteiger partial charge in [0, 0.05) is 36.3 Å². The van der Waals surface area contributed by atoms with Crippen molar-refractivity contribution < 1.29 is 14.3 Å². The van der Waals surface area contributed by atoms with E-state index >= 15 is 0 Å². The number of ether oxygens (including phenoxy) is 1. The van der Waals surface area contributed by atoms with E-state index < -0.39 is 5.60 Å². The number of nitrogens with zero attached hydrogens (tertiary/aromatic N) is 1. The molecule has 0 atom stereocenters. The Morgan fingerprint density at radius 3 is 2.57 bits per heavy atom. The average Bonchev–Trinajstić information content (AvgIpc) is 2.75. The van der Waals surface area contributed by atoms with Crippen molar-refractivity contribution in [2.24, 2.45) is 0 Å². The molecule has 5 heteroatoms. The van der Waals surface area contributed by atoms with E-state index in [1.807, 2.05) is 46.0 Å². The molecule has 0 spiro atoms. The Morgan fingerprint density at radius 1 is 1.33 bits per heavy atom. The van der Waals surface area contributed by atoms with Crippen LogP contribution in [0, 0.1) is 0 Å². The number of thiophene rings is 1. The second-order valence-electron chi connectivity index (χ2n) is 6.40. The summed E-state index contributed by atoms with van der Waals surface area (Å²) in [5.74, 6) is -0.330. The highest BCUT2D eigenvalue weighted by Crippen LogP contribution is 2.33. The quantitative estimate of drug-likeness (QED) is 0.621. The van der Waals surface area contributed by atoms with Gasteiger partial charge < -0.3 is 9.64 Å². The van der Waals surface area contributed by atoms with Gasteiger partial charge in [-0.25, -0.2) is 4.79 Å². The summed E-state index contributed by atoms with van der Waals surface area (Å²) in [5, 5.41) is 0. The van der Waals surface area contributed by atoms with Gasteiger partial charge in [-0.3, -0.25) is 4.79 Å². The second-order valence-corrected chi connectivity index (χ2v) is 7.53. The molecule has 0 saturated heterocycles. The molecule has 0 aliphatic heterocycles. The summed E-state index contributed by atoms with van der Waals surface area (Å²) in [6, 6.07) is 1.68. The van der Waals surface area contributed by atoms with Gasteiger partial charge in [0.1, 0.15) is 10.5 Å². The minimum absolute atomic E-state index is 0.0241. The Balaban J connectivity index is 2.27. The van der Waals surface area contributed by atoms with E-state index in [1.165, 1.54) is 11.3 Å².